The van der Waals surface area contributed by atoms with E-state index in [2.05, 4.69) is 10.2 Å². The lowest BCUT2D eigenvalue weighted by Gasteiger charge is -2.16. The van der Waals surface area contributed by atoms with Gasteiger partial charge in [-0.25, -0.2) is 9.48 Å². The highest BCUT2D eigenvalue weighted by Gasteiger charge is 2.38. The van der Waals surface area contributed by atoms with Crippen molar-refractivity contribution in [1.29, 1.82) is 0 Å². The zero-order valence-electron chi connectivity index (χ0n) is 15.1. The number of hydrogen-bond donors (Lipinski definition) is 0. The third kappa shape index (κ3) is 3.17. The molecule has 0 amide bonds. The van der Waals surface area contributed by atoms with E-state index < -0.39 is 17.6 Å². The highest BCUT2D eigenvalue weighted by molar-refractivity contribution is 5.21. The second-order valence-electron chi connectivity index (χ2n) is 6.96. The van der Waals surface area contributed by atoms with Crippen LogP contribution in [0.1, 0.15) is 56.4 Å². The molecule has 0 unspecified atom stereocenters. The molecule has 1 fully saturated rings. The zero-order chi connectivity index (χ0) is 19.2. The van der Waals surface area contributed by atoms with Crippen molar-refractivity contribution in [2.45, 2.75) is 52.1 Å². The van der Waals surface area contributed by atoms with Crippen molar-refractivity contribution >= 4 is 0 Å². The van der Waals surface area contributed by atoms with Crippen LogP contribution >= 0.6 is 0 Å². The molecule has 26 heavy (non-hydrogen) atoms. The van der Waals surface area contributed by atoms with Gasteiger partial charge in [0.25, 0.3) is 0 Å². The Morgan fingerprint density at radius 3 is 2.62 bits per heavy atom. The van der Waals surface area contributed by atoms with Gasteiger partial charge in [0.1, 0.15) is 11.8 Å². The molecule has 2 aromatic heterocycles. The molecule has 0 bridgehead atoms. The van der Waals surface area contributed by atoms with Crippen molar-refractivity contribution in [2.75, 3.05) is 6.61 Å². The molecule has 7 nitrogen and oxygen atoms in total. The standard InChI is InChI=1S/C16H22F3N5O2/c1-9(2)24-14(12-10(3)5-6-26-12)21-23(15(24)25)8-11-7-20-22(4)13(11)16(17,18)19/h7,9-10,12H,5-6,8H2,1-4H3/t10-,12+/m1/s1. The van der Waals surface area contributed by atoms with Crippen LogP contribution in [-0.4, -0.2) is 30.7 Å². The number of aromatic nitrogens is 5. The second-order valence-corrected chi connectivity index (χ2v) is 6.96. The first-order valence-corrected chi connectivity index (χ1v) is 8.50. The molecule has 3 heterocycles. The quantitative estimate of drug-likeness (QED) is 0.826. The summed E-state index contributed by atoms with van der Waals surface area (Å²) in [7, 11) is 1.22. The van der Waals surface area contributed by atoms with E-state index in [0.29, 0.717) is 12.4 Å². The van der Waals surface area contributed by atoms with Crippen molar-refractivity contribution in [2.24, 2.45) is 13.0 Å². The largest absolute Gasteiger partial charge is 0.433 e. The third-order valence-corrected chi connectivity index (χ3v) is 4.66. The summed E-state index contributed by atoms with van der Waals surface area (Å²) in [6, 6.07) is -0.182. The van der Waals surface area contributed by atoms with Crippen molar-refractivity contribution in [3.63, 3.8) is 0 Å². The van der Waals surface area contributed by atoms with Gasteiger partial charge in [-0.1, -0.05) is 6.92 Å². The van der Waals surface area contributed by atoms with E-state index in [1.807, 2.05) is 20.8 Å². The Labute approximate surface area is 148 Å². The Bertz CT molecular complexity index is 849. The highest BCUT2D eigenvalue weighted by Crippen LogP contribution is 2.34. The van der Waals surface area contributed by atoms with E-state index in [1.54, 1.807) is 0 Å². The number of halogens is 3. The van der Waals surface area contributed by atoms with Crippen LogP contribution < -0.4 is 5.69 Å². The molecular weight excluding hydrogens is 351 g/mol. The lowest BCUT2D eigenvalue weighted by atomic mass is 10.0. The van der Waals surface area contributed by atoms with Gasteiger partial charge in [-0.15, -0.1) is 0 Å². The fourth-order valence-electron chi connectivity index (χ4n) is 3.37. The van der Waals surface area contributed by atoms with Gasteiger partial charge in [0.2, 0.25) is 0 Å². The maximum Gasteiger partial charge on any atom is 0.433 e. The van der Waals surface area contributed by atoms with Crippen LogP contribution in [0, 0.1) is 5.92 Å². The summed E-state index contributed by atoms with van der Waals surface area (Å²) < 4.78 is 48.8. The topological polar surface area (TPSA) is 66.9 Å². The minimum atomic E-state index is -4.56. The van der Waals surface area contributed by atoms with Crippen LogP contribution in [0.25, 0.3) is 0 Å². The molecule has 0 saturated carbocycles. The SMILES string of the molecule is CC(C)n1c([C@H]2OCC[C@H]2C)nn(Cc2cnn(C)c2C(F)(F)F)c1=O. The Hall–Kier alpha value is -2.10. The van der Waals surface area contributed by atoms with Gasteiger partial charge in [-0.3, -0.25) is 9.25 Å². The van der Waals surface area contributed by atoms with Crippen LogP contribution in [0.5, 0.6) is 0 Å². The molecule has 0 N–H and O–H groups in total. The second kappa shape index (κ2) is 6.57. The summed E-state index contributed by atoms with van der Waals surface area (Å²) in [5.74, 6) is 0.652. The average Bonchev–Trinajstić information content (AvgIpc) is 3.17. The van der Waals surface area contributed by atoms with Crippen molar-refractivity contribution < 1.29 is 17.9 Å². The van der Waals surface area contributed by atoms with E-state index in [-0.39, 0.29) is 30.2 Å². The minimum absolute atomic E-state index is 0.0950. The molecule has 10 heteroatoms. The van der Waals surface area contributed by atoms with Gasteiger partial charge >= 0.3 is 11.9 Å². The van der Waals surface area contributed by atoms with Crippen molar-refractivity contribution in [3.05, 3.63) is 33.8 Å². The van der Waals surface area contributed by atoms with Crippen molar-refractivity contribution in [1.82, 2.24) is 24.1 Å². The first kappa shape index (κ1) is 18.7. The van der Waals surface area contributed by atoms with E-state index >= 15 is 0 Å². The maximum absolute atomic E-state index is 13.3. The van der Waals surface area contributed by atoms with Crippen molar-refractivity contribution in [3.8, 4) is 0 Å². The fraction of sp³-hybridized carbons (Fsp3) is 0.688. The Balaban J connectivity index is 2.04. The Kier molecular flexibility index (Phi) is 4.72. The smallest absolute Gasteiger partial charge is 0.370 e. The summed E-state index contributed by atoms with van der Waals surface area (Å²) in [5.41, 5.74) is -1.42. The zero-order valence-corrected chi connectivity index (χ0v) is 15.1. The highest BCUT2D eigenvalue weighted by atomic mass is 19.4. The molecule has 0 spiro atoms. The molecule has 3 rings (SSSR count). The van der Waals surface area contributed by atoms with E-state index in [0.717, 1.165) is 22.0 Å². The molecule has 2 atom stereocenters. The van der Waals surface area contributed by atoms with Crippen LogP contribution in [0.2, 0.25) is 0 Å². The first-order valence-electron chi connectivity index (χ1n) is 8.50. The molecule has 0 radical (unpaired) electrons. The maximum atomic E-state index is 13.3. The van der Waals surface area contributed by atoms with Gasteiger partial charge in [-0.2, -0.15) is 23.4 Å². The molecule has 1 aliphatic heterocycles. The monoisotopic (exact) mass is 373 g/mol. The number of rotatable bonds is 4. The van der Waals surface area contributed by atoms with E-state index in [1.165, 1.54) is 11.6 Å². The number of hydrogen-bond acceptors (Lipinski definition) is 4. The molecule has 2 aromatic rings. The lowest BCUT2D eigenvalue weighted by molar-refractivity contribution is -0.144. The molecule has 0 aromatic carbocycles. The Morgan fingerprint density at radius 1 is 1.38 bits per heavy atom. The predicted octanol–water partition coefficient (Wildman–Crippen LogP) is 2.52. The van der Waals surface area contributed by atoms with Gasteiger partial charge in [0.05, 0.1) is 12.7 Å². The van der Waals surface area contributed by atoms with Crippen LogP contribution in [0.4, 0.5) is 13.2 Å². The number of alkyl halides is 3. The number of aryl methyl sites for hydroxylation is 1. The molecule has 1 saturated heterocycles. The van der Waals surface area contributed by atoms with Crippen LogP contribution in [0.15, 0.2) is 11.0 Å². The lowest BCUT2D eigenvalue weighted by Crippen LogP contribution is -2.28. The number of nitrogens with zero attached hydrogens (tertiary/aromatic N) is 5. The molecule has 1 aliphatic rings. The van der Waals surface area contributed by atoms with E-state index in [4.69, 9.17) is 4.74 Å². The Morgan fingerprint density at radius 2 is 2.08 bits per heavy atom. The van der Waals surface area contributed by atoms with E-state index in [9.17, 15) is 18.0 Å². The first-order chi connectivity index (χ1) is 12.1. The summed E-state index contributed by atoms with van der Waals surface area (Å²) in [5, 5.41) is 8.01. The average molecular weight is 373 g/mol. The molecule has 0 aliphatic carbocycles. The molecular formula is C16H22F3N5O2. The fourth-order valence-corrected chi connectivity index (χ4v) is 3.37. The van der Waals surface area contributed by atoms with Crippen LogP contribution in [-0.2, 0) is 24.5 Å². The van der Waals surface area contributed by atoms with Gasteiger partial charge in [0, 0.05) is 25.3 Å². The summed E-state index contributed by atoms with van der Waals surface area (Å²) in [6.07, 6.45) is -2.92. The summed E-state index contributed by atoms with van der Waals surface area (Å²) >= 11 is 0. The minimum Gasteiger partial charge on any atom is -0.370 e. The number of ether oxygens (including phenoxy) is 1. The summed E-state index contributed by atoms with van der Waals surface area (Å²) in [4.78, 5) is 12.8. The van der Waals surface area contributed by atoms with Crippen LogP contribution in [0.3, 0.4) is 0 Å². The van der Waals surface area contributed by atoms with Gasteiger partial charge in [0.15, 0.2) is 5.82 Å². The predicted molar refractivity (Wildman–Crippen MR) is 86.7 cm³/mol. The molecule has 144 valence electrons. The summed E-state index contributed by atoms with van der Waals surface area (Å²) in [6.45, 7) is 5.96. The van der Waals surface area contributed by atoms with Gasteiger partial charge < -0.3 is 4.74 Å². The third-order valence-electron chi connectivity index (χ3n) is 4.66. The van der Waals surface area contributed by atoms with Gasteiger partial charge in [-0.05, 0) is 26.2 Å². The normalized spacial score (nSPS) is 21.1.